The average Bonchev–Trinajstić information content (AvgIpc) is 3.41. The van der Waals surface area contributed by atoms with Gasteiger partial charge in [0.05, 0.1) is 5.69 Å². The van der Waals surface area contributed by atoms with Crippen LogP contribution in [0.15, 0.2) is 36.9 Å². The minimum atomic E-state index is 0.161. The van der Waals surface area contributed by atoms with E-state index in [0.29, 0.717) is 37.4 Å². The zero-order chi connectivity index (χ0) is 22.1. The minimum Gasteiger partial charge on any atom is -0.339 e. The van der Waals surface area contributed by atoms with Gasteiger partial charge < -0.3 is 9.80 Å². The maximum Gasteiger partial charge on any atom is 0.225 e. The molecule has 5 rings (SSSR count). The van der Waals surface area contributed by atoms with Crippen LogP contribution in [0.25, 0.3) is 11.5 Å². The van der Waals surface area contributed by atoms with E-state index in [9.17, 15) is 4.79 Å². The Balaban J connectivity index is 1.23. The van der Waals surface area contributed by atoms with Gasteiger partial charge in [0.25, 0.3) is 0 Å². The molecule has 1 fully saturated rings. The van der Waals surface area contributed by atoms with E-state index in [1.165, 1.54) is 0 Å². The number of nitrogens with zero attached hydrogens (tertiary/aromatic N) is 10. The molecule has 0 aromatic carbocycles. The van der Waals surface area contributed by atoms with Gasteiger partial charge in [-0.25, -0.2) is 14.6 Å². The summed E-state index contributed by atoms with van der Waals surface area (Å²) in [7, 11) is 0. The molecular formula is C21H24N10O. The predicted octanol–water partition coefficient (Wildman–Crippen LogP) is 0.998. The van der Waals surface area contributed by atoms with Gasteiger partial charge in [0.1, 0.15) is 6.33 Å². The van der Waals surface area contributed by atoms with Crippen LogP contribution in [0.3, 0.4) is 0 Å². The molecule has 4 aromatic rings. The lowest BCUT2D eigenvalue weighted by molar-refractivity contribution is -0.131. The number of hydrogen-bond acceptors (Lipinski definition) is 8. The molecule has 0 atom stereocenters. The zero-order valence-corrected chi connectivity index (χ0v) is 18.1. The third-order valence-electron chi connectivity index (χ3n) is 5.86. The van der Waals surface area contributed by atoms with E-state index in [2.05, 4.69) is 35.3 Å². The Hall–Kier alpha value is -3.89. The Morgan fingerprint density at radius 2 is 1.81 bits per heavy atom. The molecule has 1 amide bonds. The molecule has 5 heterocycles. The number of rotatable bonds is 5. The summed E-state index contributed by atoms with van der Waals surface area (Å²) in [5.74, 6) is 1.57. The van der Waals surface area contributed by atoms with Gasteiger partial charge in [0, 0.05) is 50.7 Å². The van der Waals surface area contributed by atoms with Gasteiger partial charge in [0.2, 0.25) is 11.9 Å². The van der Waals surface area contributed by atoms with Gasteiger partial charge in [0.15, 0.2) is 11.5 Å². The fraction of sp³-hybridized carbons (Fsp3) is 0.381. The average molecular weight is 432 g/mol. The van der Waals surface area contributed by atoms with Gasteiger partial charge >= 0.3 is 0 Å². The summed E-state index contributed by atoms with van der Waals surface area (Å²) in [6.07, 6.45) is 6.14. The molecule has 0 radical (unpaired) electrons. The number of carbonyl (C=O) groups excluding carboxylic acids is 1. The quantitative estimate of drug-likeness (QED) is 0.459. The molecule has 0 spiro atoms. The molecule has 0 aliphatic carbocycles. The Morgan fingerprint density at radius 3 is 2.59 bits per heavy atom. The number of anilines is 1. The van der Waals surface area contributed by atoms with Crippen LogP contribution in [-0.4, -0.2) is 76.5 Å². The maximum absolute atomic E-state index is 12.9. The molecule has 11 nitrogen and oxygen atoms in total. The molecule has 0 unspecified atom stereocenters. The second-order valence-electron chi connectivity index (χ2n) is 7.80. The van der Waals surface area contributed by atoms with Crippen LogP contribution in [0.2, 0.25) is 0 Å². The number of carbonyl (C=O) groups is 1. The number of fused-ring (bicyclic) bond motifs is 1. The van der Waals surface area contributed by atoms with Crippen molar-refractivity contribution in [3.63, 3.8) is 0 Å². The van der Waals surface area contributed by atoms with Crippen molar-refractivity contribution in [2.45, 2.75) is 26.7 Å². The Kier molecular flexibility index (Phi) is 5.21. The van der Waals surface area contributed by atoms with E-state index in [0.717, 1.165) is 36.0 Å². The predicted molar refractivity (Wildman–Crippen MR) is 117 cm³/mol. The van der Waals surface area contributed by atoms with Crippen molar-refractivity contribution >= 4 is 17.5 Å². The van der Waals surface area contributed by atoms with Crippen molar-refractivity contribution in [3.05, 3.63) is 53.9 Å². The van der Waals surface area contributed by atoms with E-state index in [4.69, 9.17) is 0 Å². The fourth-order valence-corrected chi connectivity index (χ4v) is 4.09. The first kappa shape index (κ1) is 20.0. The Bertz CT molecular complexity index is 1240. The van der Waals surface area contributed by atoms with Crippen LogP contribution in [0.4, 0.5) is 5.95 Å². The molecule has 1 aliphatic heterocycles. The Labute approximate surface area is 184 Å². The summed E-state index contributed by atoms with van der Waals surface area (Å²) in [6, 6.07) is 5.53. The second kappa shape index (κ2) is 8.33. The molecule has 0 bridgehead atoms. The number of aromatic nitrogens is 8. The summed E-state index contributed by atoms with van der Waals surface area (Å²) in [4.78, 5) is 25.5. The highest BCUT2D eigenvalue weighted by molar-refractivity contribution is 5.76. The van der Waals surface area contributed by atoms with E-state index in [1.54, 1.807) is 29.3 Å². The van der Waals surface area contributed by atoms with E-state index in [1.807, 2.05) is 35.6 Å². The third kappa shape index (κ3) is 3.77. The van der Waals surface area contributed by atoms with E-state index in [-0.39, 0.29) is 5.91 Å². The van der Waals surface area contributed by atoms with E-state index < -0.39 is 0 Å². The van der Waals surface area contributed by atoms with Crippen LogP contribution in [0, 0.1) is 13.8 Å². The molecule has 0 N–H and O–H groups in total. The summed E-state index contributed by atoms with van der Waals surface area (Å²) in [5.41, 5.74) is 3.66. The number of piperazine rings is 1. The summed E-state index contributed by atoms with van der Waals surface area (Å²) in [5, 5.41) is 17.0. The van der Waals surface area contributed by atoms with Crippen molar-refractivity contribution in [2.75, 3.05) is 31.1 Å². The highest BCUT2D eigenvalue weighted by Gasteiger charge is 2.23. The van der Waals surface area contributed by atoms with Crippen LogP contribution in [0.5, 0.6) is 0 Å². The molecule has 1 saturated heterocycles. The summed E-state index contributed by atoms with van der Waals surface area (Å²) < 4.78 is 3.43. The van der Waals surface area contributed by atoms with Gasteiger partial charge in [-0.15, -0.1) is 15.3 Å². The maximum atomic E-state index is 12.9. The molecule has 4 aromatic heterocycles. The van der Waals surface area contributed by atoms with Crippen molar-refractivity contribution in [3.8, 4) is 5.82 Å². The Morgan fingerprint density at radius 1 is 1.03 bits per heavy atom. The van der Waals surface area contributed by atoms with Gasteiger partial charge in [-0.05, 0) is 44.0 Å². The molecule has 0 saturated carbocycles. The highest BCUT2D eigenvalue weighted by atomic mass is 16.2. The summed E-state index contributed by atoms with van der Waals surface area (Å²) >= 11 is 0. The first-order valence-corrected chi connectivity index (χ1v) is 10.6. The zero-order valence-electron chi connectivity index (χ0n) is 18.1. The SMILES string of the molecule is Cc1nn(-c2ccc3nncn3n2)c(C)c1CCC(=O)N1CCN(c2ncccn2)CC1. The third-order valence-corrected chi connectivity index (χ3v) is 5.86. The number of aryl methyl sites for hydroxylation is 1. The number of amides is 1. The monoisotopic (exact) mass is 432 g/mol. The van der Waals surface area contributed by atoms with Crippen molar-refractivity contribution in [1.29, 1.82) is 0 Å². The lowest BCUT2D eigenvalue weighted by Crippen LogP contribution is -2.49. The standard InChI is InChI=1S/C21H24N10O/c1-15-17(16(2)31(26-15)19-6-5-18-25-24-14-30(18)27-19)4-7-20(32)28-10-12-29(13-11-28)21-22-8-3-9-23-21/h3,5-6,8-9,14H,4,7,10-13H2,1-2H3. The second-order valence-corrected chi connectivity index (χ2v) is 7.80. The molecule has 164 valence electrons. The fourth-order valence-electron chi connectivity index (χ4n) is 4.09. The van der Waals surface area contributed by atoms with Gasteiger partial charge in [-0.2, -0.15) is 9.61 Å². The van der Waals surface area contributed by atoms with Gasteiger partial charge in [-0.3, -0.25) is 4.79 Å². The molecular weight excluding hydrogens is 408 g/mol. The van der Waals surface area contributed by atoms with Crippen molar-refractivity contribution < 1.29 is 4.79 Å². The largest absolute Gasteiger partial charge is 0.339 e. The first-order chi connectivity index (χ1) is 15.6. The topological polar surface area (TPSA) is 110 Å². The van der Waals surface area contributed by atoms with Crippen LogP contribution in [-0.2, 0) is 11.2 Å². The van der Waals surface area contributed by atoms with Crippen LogP contribution >= 0.6 is 0 Å². The van der Waals surface area contributed by atoms with E-state index >= 15 is 0 Å². The highest BCUT2D eigenvalue weighted by Crippen LogP contribution is 2.19. The molecule has 32 heavy (non-hydrogen) atoms. The smallest absolute Gasteiger partial charge is 0.225 e. The normalized spacial score (nSPS) is 14.3. The summed E-state index contributed by atoms with van der Waals surface area (Å²) in [6.45, 7) is 6.82. The molecule has 11 heteroatoms. The molecule has 1 aliphatic rings. The van der Waals surface area contributed by atoms with Crippen molar-refractivity contribution in [1.82, 2.24) is 44.5 Å². The lowest BCUT2D eigenvalue weighted by atomic mass is 10.1. The van der Waals surface area contributed by atoms with Crippen LogP contribution < -0.4 is 4.90 Å². The minimum absolute atomic E-state index is 0.161. The number of hydrogen-bond donors (Lipinski definition) is 0. The lowest BCUT2D eigenvalue weighted by Gasteiger charge is -2.34. The van der Waals surface area contributed by atoms with Gasteiger partial charge in [-0.1, -0.05) is 0 Å². The first-order valence-electron chi connectivity index (χ1n) is 10.6. The van der Waals surface area contributed by atoms with Crippen molar-refractivity contribution in [2.24, 2.45) is 0 Å². The van der Waals surface area contributed by atoms with Crippen LogP contribution in [0.1, 0.15) is 23.4 Å².